The van der Waals surface area contributed by atoms with Gasteiger partial charge in [0.15, 0.2) is 0 Å². The molecule has 0 saturated carbocycles. The normalized spacial score (nSPS) is 17.9. The molecule has 1 amide bonds. The Bertz CT molecular complexity index is 479. The molecule has 1 unspecified atom stereocenters. The smallest absolute Gasteiger partial charge is 0.254 e. The van der Waals surface area contributed by atoms with E-state index in [9.17, 15) is 4.79 Å². The van der Waals surface area contributed by atoms with Crippen LogP contribution in [-0.4, -0.2) is 43.4 Å². The van der Waals surface area contributed by atoms with Crippen molar-refractivity contribution in [2.45, 2.75) is 25.4 Å². The van der Waals surface area contributed by atoms with E-state index in [0.717, 1.165) is 25.9 Å². The molecule has 2 rings (SSSR count). The molecule has 1 aromatic rings. The second-order valence-electron chi connectivity index (χ2n) is 4.79. The standard InChI is InChI=1S/C14H18Cl2N2O3/c15-12-5-4-11(13(16)18-12)14(19)17-6-2-7-20-9-10-3-1-8-21-10/h4-5,10H,1-3,6-9H2,(H,17,19). The molecule has 1 N–H and O–H groups in total. The first-order chi connectivity index (χ1) is 10.2. The lowest BCUT2D eigenvalue weighted by Gasteiger charge is -2.10. The van der Waals surface area contributed by atoms with Crippen molar-refractivity contribution in [3.8, 4) is 0 Å². The van der Waals surface area contributed by atoms with Crippen LogP contribution in [0.4, 0.5) is 0 Å². The lowest BCUT2D eigenvalue weighted by molar-refractivity contribution is 0.0166. The zero-order chi connectivity index (χ0) is 15.1. The maximum Gasteiger partial charge on any atom is 0.254 e. The van der Waals surface area contributed by atoms with E-state index in [-0.39, 0.29) is 22.3 Å². The third-order valence-electron chi connectivity index (χ3n) is 3.14. The molecule has 2 heterocycles. The van der Waals surface area contributed by atoms with Gasteiger partial charge in [-0.2, -0.15) is 0 Å². The number of pyridine rings is 1. The Morgan fingerprint density at radius 1 is 1.48 bits per heavy atom. The quantitative estimate of drug-likeness (QED) is 0.616. The van der Waals surface area contributed by atoms with Crippen molar-refractivity contribution < 1.29 is 14.3 Å². The molecule has 0 aromatic carbocycles. The van der Waals surface area contributed by atoms with Gasteiger partial charge in [0, 0.05) is 19.8 Å². The molecule has 1 atom stereocenters. The second-order valence-corrected chi connectivity index (χ2v) is 5.54. The van der Waals surface area contributed by atoms with Crippen LogP contribution in [0, 0.1) is 0 Å². The number of carbonyl (C=O) groups excluding carboxylic acids is 1. The van der Waals surface area contributed by atoms with Gasteiger partial charge in [-0.05, 0) is 31.4 Å². The van der Waals surface area contributed by atoms with Gasteiger partial charge < -0.3 is 14.8 Å². The molecule has 116 valence electrons. The molecule has 0 spiro atoms. The van der Waals surface area contributed by atoms with E-state index in [2.05, 4.69) is 10.3 Å². The van der Waals surface area contributed by atoms with Crippen LogP contribution < -0.4 is 5.32 Å². The van der Waals surface area contributed by atoms with Gasteiger partial charge in [0.05, 0.1) is 18.3 Å². The number of aromatic nitrogens is 1. The largest absolute Gasteiger partial charge is 0.379 e. The summed E-state index contributed by atoms with van der Waals surface area (Å²) in [5.41, 5.74) is 0.321. The van der Waals surface area contributed by atoms with Crippen molar-refractivity contribution in [2.24, 2.45) is 0 Å². The Morgan fingerprint density at radius 3 is 3.05 bits per heavy atom. The average molecular weight is 333 g/mol. The van der Waals surface area contributed by atoms with Crippen molar-refractivity contribution in [1.82, 2.24) is 10.3 Å². The van der Waals surface area contributed by atoms with E-state index < -0.39 is 0 Å². The summed E-state index contributed by atoms with van der Waals surface area (Å²) in [7, 11) is 0. The number of rotatable bonds is 7. The summed E-state index contributed by atoms with van der Waals surface area (Å²) in [6, 6.07) is 3.09. The lowest BCUT2D eigenvalue weighted by Crippen LogP contribution is -2.26. The Balaban J connectivity index is 1.60. The number of hydrogen-bond donors (Lipinski definition) is 1. The van der Waals surface area contributed by atoms with Gasteiger partial charge in [0.25, 0.3) is 5.91 Å². The second kappa shape index (κ2) is 8.54. The van der Waals surface area contributed by atoms with Crippen LogP contribution >= 0.6 is 23.2 Å². The zero-order valence-corrected chi connectivity index (χ0v) is 13.1. The number of ether oxygens (including phenoxy) is 2. The fraction of sp³-hybridized carbons (Fsp3) is 0.571. The van der Waals surface area contributed by atoms with E-state index in [4.69, 9.17) is 32.7 Å². The summed E-state index contributed by atoms with van der Waals surface area (Å²) in [6.45, 7) is 2.57. The fourth-order valence-electron chi connectivity index (χ4n) is 2.04. The summed E-state index contributed by atoms with van der Waals surface area (Å²) >= 11 is 11.5. The van der Waals surface area contributed by atoms with Crippen molar-refractivity contribution in [3.05, 3.63) is 28.0 Å². The predicted octanol–water partition coefficient (Wildman–Crippen LogP) is 2.70. The first-order valence-electron chi connectivity index (χ1n) is 6.96. The van der Waals surface area contributed by atoms with Crippen LogP contribution in [0.5, 0.6) is 0 Å². The molecule has 1 fully saturated rings. The molecule has 21 heavy (non-hydrogen) atoms. The predicted molar refractivity (Wildman–Crippen MR) is 81.0 cm³/mol. The van der Waals surface area contributed by atoms with Crippen molar-refractivity contribution in [1.29, 1.82) is 0 Å². The molecule has 7 heteroatoms. The third kappa shape index (κ3) is 5.43. The summed E-state index contributed by atoms with van der Waals surface area (Å²) in [5.74, 6) is -0.261. The van der Waals surface area contributed by atoms with Gasteiger partial charge >= 0.3 is 0 Å². The van der Waals surface area contributed by atoms with E-state index >= 15 is 0 Å². The Kier molecular flexibility index (Phi) is 6.70. The van der Waals surface area contributed by atoms with Crippen molar-refractivity contribution in [2.75, 3.05) is 26.4 Å². The Hall–Kier alpha value is -0.880. The Labute approximate surface area is 133 Å². The van der Waals surface area contributed by atoms with Crippen LogP contribution in [0.1, 0.15) is 29.6 Å². The minimum absolute atomic E-state index is 0.106. The van der Waals surface area contributed by atoms with Gasteiger partial charge in [-0.25, -0.2) is 4.98 Å². The third-order valence-corrected chi connectivity index (χ3v) is 3.64. The van der Waals surface area contributed by atoms with Gasteiger partial charge in [-0.15, -0.1) is 0 Å². The summed E-state index contributed by atoms with van der Waals surface area (Å²) in [4.78, 5) is 15.7. The molecule has 1 saturated heterocycles. The summed E-state index contributed by atoms with van der Waals surface area (Å²) in [6.07, 6.45) is 3.15. The van der Waals surface area contributed by atoms with Crippen molar-refractivity contribution in [3.63, 3.8) is 0 Å². The van der Waals surface area contributed by atoms with Crippen LogP contribution in [0.15, 0.2) is 12.1 Å². The highest BCUT2D eigenvalue weighted by Gasteiger charge is 2.15. The molecular weight excluding hydrogens is 315 g/mol. The molecule has 1 aliphatic heterocycles. The molecule has 0 radical (unpaired) electrons. The zero-order valence-electron chi connectivity index (χ0n) is 11.6. The Morgan fingerprint density at radius 2 is 2.33 bits per heavy atom. The molecule has 1 aromatic heterocycles. The molecule has 0 aliphatic carbocycles. The first-order valence-corrected chi connectivity index (χ1v) is 7.72. The number of hydrogen-bond acceptors (Lipinski definition) is 4. The lowest BCUT2D eigenvalue weighted by atomic mass is 10.2. The van der Waals surface area contributed by atoms with Gasteiger partial charge in [0.2, 0.25) is 0 Å². The number of amides is 1. The summed E-state index contributed by atoms with van der Waals surface area (Å²) in [5, 5.41) is 3.14. The van der Waals surface area contributed by atoms with E-state index in [1.165, 1.54) is 6.07 Å². The van der Waals surface area contributed by atoms with Gasteiger partial charge in [-0.3, -0.25) is 4.79 Å². The SMILES string of the molecule is O=C(NCCCOCC1CCCO1)c1ccc(Cl)nc1Cl. The minimum atomic E-state index is -0.261. The fourth-order valence-corrected chi connectivity index (χ4v) is 2.47. The van der Waals surface area contributed by atoms with Crippen LogP contribution in [0.25, 0.3) is 0 Å². The number of nitrogens with one attached hydrogen (secondary N) is 1. The van der Waals surface area contributed by atoms with E-state index in [0.29, 0.717) is 25.3 Å². The molecule has 1 aliphatic rings. The molecular formula is C14H18Cl2N2O3. The number of carbonyl (C=O) groups is 1. The van der Waals surface area contributed by atoms with Crippen LogP contribution in [0.3, 0.4) is 0 Å². The van der Waals surface area contributed by atoms with E-state index in [1.54, 1.807) is 6.07 Å². The minimum Gasteiger partial charge on any atom is -0.379 e. The maximum atomic E-state index is 11.9. The average Bonchev–Trinajstić information content (AvgIpc) is 2.95. The number of halogens is 2. The van der Waals surface area contributed by atoms with E-state index in [1.807, 2.05) is 0 Å². The molecule has 0 bridgehead atoms. The van der Waals surface area contributed by atoms with Crippen LogP contribution in [0.2, 0.25) is 10.3 Å². The number of nitrogens with zero attached hydrogens (tertiary/aromatic N) is 1. The highest BCUT2D eigenvalue weighted by molar-refractivity contribution is 6.34. The highest BCUT2D eigenvalue weighted by Crippen LogP contribution is 2.16. The molecule has 5 nitrogen and oxygen atoms in total. The van der Waals surface area contributed by atoms with Crippen LogP contribution in [-0.2, 0) is 9.47 Å². The maximum absolute atomic E-state index is 11.9. The first kappa shape index (κ1) is 16.5. The summed E-state index contributed by atoms with van der Waals surface area (Å²) < 4.78 is 11.0. The van der Waals surface area contributed by atoms with Gasteiger partial charge in [0.1, 0.15) is 10.3 Å². The topological polar surface area (TPSA) is 60.5 Å². The van der Waals surface area contributed by atoms with Crippen molar-refractivity contribution >= 4 is 29.1 Å². The highest BCUT2D eigenvalue weighted by atomic mass is 35.5. The monoisotopic (exact) mass is 332 g/mol. The van der Waals surface area contributed by atoms with Gasteiger partial charge in [-0.1, -0.05) is 23.2 Å².